The van der Waals surface area contributed by atoms with E-state index in [1.54, 1.807) is 19.1 Å². The molecular formula is C11H14N2O3. The molecule has 0 saturated carbocycles. The average Bonchev–Trinajstić information content (AvgIpc) is 2.31. The molecule has 0 aromatic heterocycles. The largest absolute Gasteiger partial charge is 0.482 e. The third-order valence-electron chi connectivity index (χ3n) is 2.47. The van der Waals surface area contributed by atoms with Crippen molar-refractivity contribution in [2.45, 2.75) is 0 Å². The van der Waals surface area contributed by atoms with Crippen LogP contribution in [0.4, 0.5) is 11.4 Å². The van der Waals surface area contributed by atoms with Gasteiger partial charge in [-0.25, -0.2) is 0 Å². The molecule has 1 N–H and O–H groups in total. The molecular weight excluding hydrogens is 208 g/mol. The van der Waals surface area contributed by atoms with E-state index in [1.165, 1.54) is 0 Å². The number of carbonyl (C=O) groups excluding carboxylic acids is 1. The van der Waals surface area contributed by atoms with Gasteiger partial charge in [0.05, 0.1) is 5.69 Å². The Bertz CT molecular complexity index is 406. The smallest absolute Gasteiger partial charge is 0.264 e. The summed E-state index contributed by atoms with van der Waals surface area (Å²) in [7, 11) is 3.36. The van der Waals surface area contributed by atoms with Gasteiger partial charge in [-0.2, -0.15) is 0 Å². The van der Waals surface area contributed by atoms with E-state index in [2.05, 4.69) is 5.32 Å². The van der Waals surface area contributed by atoms with Crippen LogP contribution in [0.3, 0.4) is 0 Å². The Labute approximate surface area is 93.9 Å². The highest BCUT2D eigenvalue weighted by atomic mass is 16.5. The van der Waals surface area contributed by atoms with Crippen LogP contribution in [-0.2, 0) is 9.53 Å². The summed E-state index contributed by atoms with van der Waals surface area (Å²) in [4.78, 5) is 13.0. The number of methoxy groups -OCH3 is 1. The first-order chi connectivity index (χ1) is 7.72. The van der Waals surface area contributed by atoms with Crippen LogP contribution in [0.2, 0.25) is 0 Å². The Morgan fingerprint density at radius 2 is 2.38 bits per heavy atom. The molecule has 0 radical (unpaired) electrons. The number of nitrogens with one attached hydrogen (secondary N) is 1. The zero-order chi connectivity index (χ0) is 11.5. The third kappa shape index (κ3) is 1.94. The molecule has 5 nitrogen and oxygen atoms in total. The molecule has 2 rings (SSSR count). The summed E-state index contributed by atoms with van der Waals surface area (Å²) in [5.74, 6) is 0.682. The van der Waals surface area contributed by atoms with E-state index in [1.807, 2.05) is 18.2 Å². The van der Waals surface area contributed by atoms with Gasteiger partial charge in [0.1, 0.15) is 12.5 Å². The Morgan fingerprint density at radius 1 is 1.56 bits per heavy atom. The molecule has 1 amide bonds. The number of likely N-dealkylation sites (N-methyl/N-ethyl adjacent to an activating group) is 1. The van der Waals surface area contributed by atoms with Crippen LogP contribution in [0.25, 0.3) is 0 Å². The van der Waals surface area contributed by atoms with Gasteiger partial charge in [-0.15, -0.1) is 0 Å². The second-order valence-electron chi connectivity index (χ2n) is 3.53. The number of hydrogen-bond acceptors (Lipinski definition) is 4. The molecule has 0 spiro atoms. The van der Waals surface area contributed by atoms with E-state index in [-0.39, 0.29) is 12.5 Å². The molecule has 86 valence electrons. The van der Waals surface area contributed by atoms with Gasteiger partial charge in [-0.3, -0.25) is 4.79 Å². The van der Waals surface area contributed by atoms with Crippen molar-refractivity contribution in [2.75, 3.05) is 37.7 Å². The minimum atomic E-state index is -0.0450. The number of anilines is 2. The maximum absolute atomic E-state index is 11.4. The highest BCUT2D eigenvalue weighted by molar-refractivity contribution is 5.97. The monoisotopic (exact) mass is 222 g/mol. The molecule has 1 heterocycles. The minimum absolute atomic E-state index is 0.0450. The fraction of sp³-hybridized carbons (Fsp3) is 0.364. The standard InChI is InChI=1S/C11H14N2O3/c1-13-9-5-8(12-7-15-2)3-4-10(9)16-6-11(13)14/h3-5,12H,6-7H2,1-2H3. The predicted molar refractivity (Wildman–Crippen MR) is 60.8 cm³/mol. The van der Waals surface area contributed by atoms with E-state index >= 15 is 0 Å². The lowest BCUT2D eigenvalue weighted by molar-refractivity contribution is -0.120. The van der Waals surface area contributed by atoms with Crippen LogP contribution >= 0.6 is 0 Å². The number of ether oxygens (including phenoxy) is 2. The third-order valence-corrected chi connectivity index (χ3v) is 2.47. The zero-order valence-electron chi connectivity index (χ0n) is 9.32. The first-order valence-corrected chi connectivity index (χ1v) is 4.98. The van der Waals surface area contributed by atoms with E-state index in [0.29, 0.717) is 6.73 Å². The van der Waals surface area contributed by atoms with Gasteiger partial charge in [-0.05, 0) is 18.2 Å². The first kappa shape index (κ1) is 10.8. The molecule has 0 unspecified atom stereocenters. The summed E-state index contributed by atoms with van der Waals surface area (Å²) < 4.78 is 10.2. The molecule has 0 atom stereocenters. The minimum Gasteiger partial charge on any atom is -0.482 e. The van der Waals surface area contributed by atoms with Gasteiger partial charge in [0, 0.05) is 19.8 Å². The lowest BCUT2D eigenvalue weighted by Crippen LogP contribution is -2.35. The second kappa shape index (κ2) is 4.40. The molecule has 5 heteroatoms. The maximum Gasteiger partial charge on any atom is 0.264 e. The second-order valence-corrected chi connectivity index (χ2v) is 3.53. The lowest BCUT2D eigenvalue weighted by Gasteiger charge is -2.26. The summed E-state index contributed by atoms with van der Waals surface area (Å²) in [6.07, 6.45) is 0. The summed E-state index contributed by atoms with van der Waals surface area (Å²) in [6, 6.07) is 5.60. The van der Waals surface area contributed by atoms with Crippen molar-refractivity contribution in [3.05, 3.63) is 18.2 Å². The molecule has 1 aromatic rings. The SMILES string of the molecule is COCNc1ccc2c(c1)N(C)C(=O)CO2. The quantitative estimate of drug-likeness (QED) is 0.777. The molecule has 16 heavy (non-hydrogen) atoms. The molecule has 1 aliphatic heterocycles. The number of rotatable bonds is 3. The van der Waals surface area contributed by atoms with Crippen molar-refractivity contribution in [1.29, 1.82) is 0 Å². The van der Waals surface area contributed by atoms with Crippen molar-refractivity contribution in [3.63, 3.8) is 0 Å². The van der Waals surface area contributed by atoms with Crippen LogP contribution in [0, 0.1) is 0 Å². The van der Waals surface area contributed by atoms with Crippen LogP contribution in [0.1, 0.15) is 0 Å². The Hall–Kier alpha value is -1.75. The van der Waals surface area contributed by atoms with Gasteiger partial charge in [0.2, 0.25) is 0 Å². The van der Waals surface area contributed by atoms with Crippen molar-refractivity contribution in [3.8, 4) is 5.75 Å². The van der Waals surface area contributed by atoms with Crippen LogP contribution in [0.5, 0.6) is 5.75 Å². The maximum atomic E-state index is 11.4. The van der Waals surface area contributed by atoms with Crippen LogP contribution in [0.15, 0.2) is 18.2 Å². The average molecular weight is 222 g/mol. The van der Waals surface area contributed by atoms with Crippen molar-refractivity contribution < 1.29 is 14.3 Å². The molecule has 0 aliphatic carbocycles. The summed E-state index contributed by atoms with van der Waals surface area (Å²) in [5.41, 5.74) is 1.67. The van der Waals surface area contributed by atoms with E-state index < -0.39 is 0 Å². The first-order valence-electron chi connectivity index (χ1n) is 4.98. The van der Waals surface area contributed by atoms with Gasteiger partial charge >= 0.3 is 0 Å². The Kier molecular flexibility index (Phi) is 2.96. The summed E-state index contributed by atoms with van der Waals surface area (Å²) >= 11 is 0. The summed E-state index contributed by atoms with van der Waals surface area (Å²) in [5, 5.41) is 3.06. The zero-order valence-corrected chi connectivity index (χ0v) is 9.32. The Balaban J connectivity index is 2.25. The van der Waals surface area contributed by atoms with Crippen molar-refractivity contribution >= 4 is 17.3 Å². The highest BCUT2D eigenvalue weighted by Crippen LogP contribution is 2.33. The van der Waals surface area contributed by atoms with Gasteiger partial charge in [-0.1, -0.05) is 0 Å². The van der Waals surface area contributed by atoms with Crippen LogP contribution < -0.4 is 15.0 Å². The number of carbonyl (C=O) groups is 1. The molecule has 1 aliphatic rings. The molecule has 0 bridgehead atoms. The van der Waals surface area contributed by atoms with Gasteiger partial charge in [0.25, 0.3) is 5.91 Å². The molecule has 1 aromatic carbocycles. The predicted octanol–water partition coefficient (Wildman–Crippen LogP) is 1.06. The van der Waals surface area contributed by atoms with Crippen molar-refractivity contribution in [2.24, 2.45) is 0 Å². The highest BCUT2D eigenvalue weighted by Gasteiger charge is 2.22. The number of nitrogens with zero attached hydrogens (tertiary/aromatic N) is 1. The van der Waals surface area contributed by atoms with Gasteiger partial charge < -0.3 is 19.7 Å². The van der Waals surface area contributed by atoms with Crippen molar-refractivity contribution in [1.82, 2.24) is 0 Å². The number of benzene rings is 1. The Morgan fingerprint density at radius 3 is 3.12 bits per heavy atom. The van der Waals surface area contributed by atoms with E-state index in [0.717, 1.165) is 17.1 Å². The van der Waals surface area contributed by atoms with E-state index in [4.69, 9.17) is 9.47 Å². The molecule has 0 fully saturated rings. The molecule has 0 saturated heterocycles. The van der Waals surface area contributed by atoms with Gasteiger partial charge in [0.15, 0.2) is 6.61 Å². The lowest BCUT2D eigenvalue weighted by atomic mass is 10.2. The fourth-order valence-electron chi connectivity index (χ4n) is 1.54. The number of hydrogen-bond donors (Lipinski definition) is 1. The van der Waals surface area contributed by atoms with Crippen LogP contribution in [-0.4, -0.2) is 33.4 Å². The normalized spacial score (nSPS) is 14.4. The van der Waals surface area contributed by atoms with E-state index in [9.17, 15) is 4.79 Å². The number of fused-ring (bicyclic) bond motifs is 1. The summed E-state index contributed by atoms with van der Waals surface area (Å²) in [6.45, 7) is 0.533. The fourth-order valence-corrected chi connectivity index (χ4v) is 1.54. The number of amides is 1. The topological polar surface area (TPSA) is 50.8 Å².